The molecular formula is C26H33N3O5. The Labute approximate surface area is 200 Å². The predicted octanol–water partition coefficient (Wildman–Crippen LogP) is 2.94. The van der Waals surface area contributed by atoms with Crippen LogP contribution in [0.3, 0.4) is 0 Å². The van der Waals surface area contributed by atoms with Crippen LogP contribution in [0.1, 0.15) is 53.4 Å². The van der Waals surface area contributed by atoms with Gasteiger partial charge >= 0.3 is 0 Å². The number of aryl methyl sites for hydroxylation is 1. The van der Waals surface area contributed by atoms with Gasteiger partial charge in [-0.15, -0.1) is 0 Å². The number of ether oxygens (including phenoxy) is 1. The number of amides is 3. The lowest BCUT2D eigenvalue weighted by molar-refractivity contribution is -0.142. The molecule has 2 aliphatic heterocycles. The molecule has 34 heavy (non-hydrogen) atoms. The summed E-state index contributed by atoms with van der Waals surface area (Å²) in [7, 11) is 3.19. The van der Waals surface area contributed by atoms with Crippen LogP contribution in [0, 0.1) is 12.8 Å². The Kier molecular flexibility index (Phi) is 7.07. The molecule has 182 valence electrons. The summed E-state index contributed by atoms with van der Waals surface area (Å²) < 4.78 is 11.0. The molecule has 0 unspecified atom stereocenters. The molecule has 2 aromatic rings. The number of furan rings is 1. The van der Waals surface area contributed by atoms with Gasteiger partial charge in [0.25, 0.3) is 5.91 Å². The summed E-state index contributed by atoms with van der Waals surface area (Å²) in [6.07, 6.45) is 3.89. The first-order valence-electron chi connectivity index (χ1n) is 11.9. The van der Waals surface area contributed by atoms with Crippen molar-refractivity contribution in [2.24, 2.45) is 5.92 Å². The van der Waals surface area contributed by atoms with Gasteiger partial charge in [-0.05, 0) is 56.9 Å². The summed E-state index contributed by atoms with van der Waals surface area (Å²) >= 11 is 0. The van der Waals surface area contributed by atoms with Crippen molar-refractivity contribution in [2.75, 3.05) is 33.9 Å². The quantitative estimate of drug-likeness (QED) is 0.705. The number of likely N-dealkylation sites (tertiary alicyclic amines) is 2. The van der Waals surface area contributed by atoms with E-state index in [2.05, 4.69) is 5.32 Å². The first-order chi connectivity index (χ1) is 16.4. The van der Waals surface area contributed by atoms with E-state index in [0.717, 1.165) is 18.4 Å². The van der Waals surface area contributed by atoms with Crippen molar-refractivity contribution in [3.05, 3.63) is 59.5 Å². The number of benzene rings is 1. The summed E-state index contributed by atoms with van der Waals surface area (Å²) in [4.78, 5) is 44.8. The fourth-order valence-corrected chi connectivity index (χ4v) is 5.43. The molecular weight excluding hydrogens is 434 g/mol. The summed E-state index contributed by atoms with van der Waals surface area (Å²) in [5, 5.41) is 2.74. The molecule has 0 aliphatic carbocycles. The van der Waals surface area contributed by atoms with Gasteiger partial charge in [-0.1, -0.05) is 17.7 Å². The summed E-state index contributed by atoms with van der Waals surface area (Å²) in [5.74, 6) is -0.705. The maximum Gasteiger partial charge on any atom is 0.255 e. The molecule has 2 fully saturated rings. The highest BCUT2D eigenvalue weighted by molar-refractivity contribution is 6.01. The largest absolute Gasteiger partial charge is 0.467 e. The minimum atomic E-state index is -1.14. The first kappa shape index (κ1) is 24.0. The van der Waals surface area contributed by atoms with E-state index in [1.807, 2.05) is 19.1 Å². The van der Waals surface area contributed by atoms with Gasteiger partial charge in [-0.2, -0.15) is 0 Å². The summed E-state index contributed by atoms with van der Waals surface area (Å²) in [5.41, 5.74) is 0.385. The van der Waals surface area contributed by atoms with Crippen LogP contribution in [0.25, 0.3) is 0 Å². The molecule has 2 aliphatic rings. The van der Waals surface area contributed by atoms with Crippen molar-refractivity contribution >= 4 is 17.7 Å². The molecule has 1 N–H and O–H groups in total. The number of hydrogen-bond donors (Lipinski definition) is 1. The van der Waals surface area contributed by atoms with Crippen LogP contribution in [0.5, 0.6) is 0 Å². The van der Waals surface area contributed by atoms with Gasteiger partial charge in [-0.25, -0.2) is 0 Å². The van der Waals surface area contributed by atoms with Gasteiger partial charge in [0.1, 0.15) is 17.3 Å². The molecule has 1 aromatic heterocycles. The zero-order chi connectivity index (χ0) is 24.3. The smallest absolute Gasteiger partial charge is 0.255 e. The van der Waals surface area contributed by atoms with E-state index in [1.54, 1.807) is 48.2 Å². The highest BCUT2D eigenvalue weighted by Crippen LogP contribution is 2.51. The molecule has 3 amide bonds. The van der Waals surface area contributed by atoms with E-state index in [4.69, 9.17) is 9.15 Å². The molecule has 4 rings (SSSR count). The third-order valence-corrected chi connectivity index (χ3v) is 7.13. The van der Waals surface area contributed by atoms with Crippen LogP contribution in [-0.4, -0.2) is 66.9 Å². The highest BCUT2D eigenvalue weighted by atomic mass is 16.5. The predicted molar refractivity (Wildman–Crippen MR) is 126 cm³/mol. The number of nitrogens with zero attached hydrogens (tertiary/aromatic N) is 2. The third kappa shape index (κ3) is 4.22. The van der Waals surface area contributed by atoms with E-state index < -0.39 is 17.5 Å². The average molecular weight is 468 g/mol. The van der Waals surface area contributed by atoms with Crippen LogP contribution in [0.15, 0.2) is 47.1 Å². The lowest BCUT2D eigenvalue weighted by Gasteiger charge is -2.41. The lowest BCUT2D eigenvalue weighted by atomic mass is 9.85. The first-order valence-corrected chi connectivity index (χ1v) is 11.9. The molecule has 1 aromatic carbocycles. The zero-order valence-electron chi connectivity index (χ0n) is 20.1. The van der Waals surface area contributed by atoms with Crippen molar-refractivity contribution in [2.45, 2.75) is 44.2 Å². The minimum Gasteiger partial charge on any atom is -0.467 e. The topological polar surface area (TPSA) is 92.1 Å². The van der Waals surface area contributed by atoms with Crippen LogP contribution >= 0.6 is 0 Å². The van der Waals surface area contributed by atoms with E-state index in [-0.39, 0.29) is 24.1 Å². The molecule has 8 nitrogen and oxygen atoms in total. The van der Waals surface area contributed by atoms with E-state index in [1.165, 1.54) is 6.26 Å². The SMILES string of the molecule is CNC(=O)[C@H]1C[C@]2(CCCCN(CCOC)C2=O)N(C(=O)c2ccc(C)cc2)[C@H]1c1ccco1. The van der Waals surface area contributed by atoms with E-state index in [0.29, 0.717) is 37.4 Å². The van der Waals surface area contributed by atoms with Crippen LogP contribution in [0.2, 0.25) is 0 Å². The fourth-order valence-electron chi connectivity index (χ4n) is 5.43. The Morgan fingerprint density at radius 1 is 1.21 bits per heavy atom. The fraction of sp³-hybridized carbons (Fsp3) is 0.500. The second-order valence-electron chi connectivity index (χ2n) is 9.20. The number of carbonyl (C=O) groups excluding carboxylic acids is 3. The lowest BCUT2D eigenvalue weighted by Crippen LogP contribution is -2.58. The summed E-state index contributed by atoms with van der Waals surface area (Å²) in [6, 6.07) is 10.2. The normalized spacial score (nSPS) is 25.0. The van der Waals surface area contributed by atoms with Crippen LogP contribution in [0.4, 0.5) is 0 Å². The van der Waals surface area contributed by atoms with Gasteiger partial charge < -0.3 is 24.3 Å². The number of methoxy groups -OCH3 is 1. The summed E-state index contributed by atoms with van der Waals surface area (Å²) in [6.45, 7) is 3.42. The van der Waals surface area contributed by atoms with Crippen LogP contribution in [-0.2, 0) is 14.3 Å². The highest BCUT2D eigenvalue weighted by Gasteiger charge is 2.61. The monoisotopic (exact) mass is 467 g/mol. The van der Waals surface area contributed by atoms with Crippen molar-refractivity contribution in [1.29, 1.82) is 0 Å². The Morgan fingerprint density at radius 2 is 1.97 bits per heavy atom. The van der Waals surface area contributed by atoms with Gasteiger partial charge in [0.05, 0.1) is 18.8 Å². The maximum absolute atomic E-state index is 14.2. The molecule has 0 bridgehead atoms. The van der Waals surface area contributed by atoms with Gasteiger partial charge in [0.15, 0.2) is 0 Å². The van der Waals surface area contributed by atoms with Crippen molar-refractivity contribution in [3.8, 4) is 0 Å². The molecule has 0 saturated carbocycles. The second-order valence-corrected chi connectivity index (χ2v) is 9.20. The van der Waals surface area contributed by atoms with Gasteiger partial charge in [0.2, 0.25) is 11.8 Å². The van der Waals surface area contributed by atoms with Crippen LogP contribution < -0.4 is 5.32 Å². The minimum absolute atomic E-state index is 0.120. The third-order valence-electron chi connectivity index (χ3n) is 7.13. The molecule has 3 atom stereocenters. The number of nitrogens with one attached hydrogen (secondary N) is 1. The molecule has 8 heteroatoms. The Balaban J connectivity index is 1.87. The number of rotatable bonds is 6. The Morgan fingerprint density at radius 3 is 2.62 bits per heavy atom. The molecule has 3 heterocycles. The molecule has 2 saturated heterocycles. The average Bonchev–Trinajstić information content (AvgIpc) is 3.46. The van der Waals surface area contributed by atoms with E-state index >= 15 is 0 Å². The van der Waals surface area contributed by atoms with Crippen molar-refractivity contribution < 1.29 is 23.5 Å². The van der Waals surface area contributed by atoms with Gasteiger partial charge in [0, 0.05) is 32.8 Å². The van der Waals surface area contributed by atoms with E-state index in [9.17, 15) is 14.4 Å². The Hall–Kier alpha value is -3.13. The second kappa shape index (κ2) is 10.0. The molecule has 1 spiro atoms. The van der Waals surface area contributed by atoms with Crippen molar-refractivity contribution in [1.82, 2.24) is 15.1 Å². The number of carbonyl (C=O) groups is 3. The Bertz CT molecular complexity index is 1020. The molecule has 0 radical (unpaired) electrons. The zero-order valence-corrected chi connectivity index (χ0v) is 20.1. The number of hydrogen-bond acceptors (Lipinski definition) is 5. The van der Waals surface area contributed by atoms with Crippen molar-refractivity contribution in [3.63, 3.8) is 0 Å². The maximum atomic E-state index is 14.2. The van der Waals surface area contributed by atoms with Gasteiger partial charge in [-0.3, -0.25) is 14.4 Å². The standard InChI is InChI=1S/C26H33N3O5/c1-18-8-10-19(11-9-18)24(31)29-22(21-7-6-15-34-21)20(23(30)27-2)17-26(29)12-4-5-13-28(25(26)32)14-16-33-3/h6-11,15,20,22H,4-5,12-14,16-17H2,1-3H3,(H,27,30)/t20-,22+,26-/m0/s1.